The summed E-state index contributed by atoms with van der Waals surface area (Å²) in [6.45, 7) is 6.11. The summed E-state index contributed by atoms with van der Waals surface area (Å²) in [5, 5.41) is 0. The number of carbonyl (C=O) groups excluding carboxylic acids is 2. The standard InChI is InChI=1S/C23H26N2O5/c1-16-11-17(2)13-18(12-16)29-15-22(26)25-14-21(23(27)24-7-9-28-10-8-24)30-20-6-4-3-5-19(20)25/h3-6,11-13,21H,7-10,14-15H2,1-2H3/t21-/m0/s1. The minimum atomic E-state index is -0.747. The minimum absolute atomic E-state index is 0.115. The topological polar surface area (TPSA) is 68.3 Å². The summed E-state index contributed by atoms with van der Waals surface area (Å²) >= 11 is 0. The average Bonchev–Trinajstić information content (AvgIpc) is 2.76. The van der Waals surface area contributed by atoms with Crippen molar-refractivity contribution < 1.29 is 23.8 Å². The second-order valence-electron chi connectivity index (χ2n) is 7.63. The van der Waals surface area contributed by atoms with Crippen LogP contribution in [0.3, 0.4) is 0 Å². The first-order chi connectivity index (χ1) is 14.5. The molecule has 2 amide bonds. The number of hydrogen-bond acceptors (Lipinski definition) is 5. The highest BCUT2D eigenvalue weighted by atomic mass is 16.5. The van der Waals surface area contributed by atoms with Crippen LogP contribution in [-0.4, -0.2) is 62.3 Å². The molecule has 0 bridgehead atoms. The number of amides is 2. The number of rotatable bonds is 4. The maximum Gasteiger partial charge on any atom is 0.265 e. The van der Waals surface area contributed by atoms with Crippen molar-refractivity contribution in [3.8, 4) is 11.5 Å². The molecule has 0 radical (unpaired) electrons. The molecule has 0 unspecified atom stereocenters. The Balaban J connectivity index is 1.50. The van der Waals surface area contributed by atoms with Gasteiger partial charge in [0.05, 0.1) is 25.4 Å². The van der Waals surface area contributed by atoms with E-state index < -0.39 is 6.10 Å². The third-order valence-electron chi connectivity index (χ3n) is 5.23. The van der Waals surface area contributed by atoms with Crippen molar-refractivity contribution in [1.82, 2.24) is 4.90 Å². The van der Waals surface area contributed by atoms with E-state index in [2.05, 4.69) is 6.07 Å². The third-order valence-corrected chi connectivity index (χ3v) is 5.23. The summed E-state index contributed by atoms with van der Waals surface area (Å²) < 4.78 is 17.0. The second kappa shape index (κ2) is 8.75. The molecule has 0 N–H and O–H groups in total. The predicted octanol–water partition coefficient (Wildman–Crippen LogP) is 2.34. The molecule has 7 heteroatoms. The SMILES string of the molecule is Cc1cc(C)cc(OCC(=O)N2C[C@@H](C(=O)N3CCOCC3)Oc3ccccc32)c1. The van der Waals surface area contributed by atoms with Crippen LogP contribution < -0.4 is 14.4 Å². The molecule has 7 nitrogen and oxygen atoms in total. The van der Waals surface area contributed by atoms with Crippen LogP contribution in [0, 0.1) is 13.8 Å². The molecular formula is C23H26N2O5. The van der Waals surface area contributed by atoms with E-state index in [-0.39, 0.29) is 25.0 Å². The van der Waals surface area contributed by atoms with Gasteiger partial charge >= 0.3 is 0 Å². The van der Waals surface area contributed by atoms with Gasteiger partial charge in [0.25, 0.3) is 11.8 Å². The zero-order valence-corrected chi connectivity index (χ0v) is 17.3. The Morgan fingerprint density at radius 1 is 1.07 bits per heavy atom. The fraction of sp³-hybridized carbons (Fsp3) is 0.391. The molecule has 2 aromatic rings. The van der Waals surface area contributed by atoms with Gasteiger partial charge < -0.3 is 24.0 Å². The quantitative estimate of drug-likeness (QED) is 0.774. The first-order valence-electron chi connectivity index (χ1n) is 10.1. The number of benzene rings is 2. The first-order valence-corrected chi connectivity index (χ1v) is 10.1. The highest BCUT2D eigenvalue weighted by molar-refractivity contribution is 5.98. The van der Waals surface area contributed by atoms with Crippen molar-refractivity contribution >= 4 is 17.5 Å². The number of ether oxygens (including phenoxy) is 3. The molecule has 0 saturated carbocycles. The van der Waals surface area contributed by atoms with Gasteiger partial charge in [-0.2, -0.15) is 0 Å². The smallest absolute Gasteiger partial charge is 0.265 e. The summed E-state index contributed by atoms with van der Waals surface area (Å²) in [5.41, 5.74) is 2.80. The monoisotopic (exact) mass is 410 g/mol. The number of nitrogens with zero attached hydrogens (tertiary/aromatic N) is 2. The fourth-order valence-corrected chi connectivity index (χ4v) is 3.83. The maximum absolute atomic E-state index is 13.0. The molecule has 1 saturated heterocycles. The highest BCUT2D eigenvalue weighted by Gasteiger charge is 2.36. The molecule has 0 aliphatic carbocycles. The van der Waals surface area contributed by atoms with E-state index in [1.165, 1.54) is 0 Å². The van der Waals surface area contributed by atoms with E-state index in [4.69, 9.17) is 14.2 Å². The first kappa shape index (κ1) is 20.2. The second-order valence-corrected chi connectivity index (χ2v) is 7.63. The van der Waals surface area contributed by atoms with Crippen LogP contribution in [0.15, 0.2) is 42.5 Å². The molecule has 30 heavy (non-hydrogen) atoms. The molecule has 2 heterocycles. The molecular weight excluding hydrogens is 384 g/mol. The Morgan fingerprint density at radius 2 is 1.77 bits per heavy atom. The molecule has 158 valence electrons. The molecule has 2 aliphatic rings. The number of para-hydroxylation sites is 2. The Morgan fingerprint density at radius 3 is 2.50 bits per heavy atom. The minimum Gasteiger partial charge on any atom is -0.484 e. The summed E-state index contributed by atoms with van der Waals surface area (Å²) in [7, 11) is 0. The normalized spacial score (nSPS) is 18.4. The summed E-state index contributed by atoms with van der Waals surface area (Å²) in [5.74, 6) is 0.837. The van der Waals surface area contributed by atoms with Crippen LogP contribution in [-0.2, 0) is 14.3 Å². The third kappa shape index (κ3) is 4.41. The Labute approximate surface area is 176 Å². The molecule has 1 fully saturated rings. The van der Waals surface area contributed by atoms with Crippen molar-refractivity contribution in [2.75, 3.05) is 44.4 Å². The molecule has 2 aliphatic heterocycles. The van der Waals surface area contributed by atoms with Crippen LogP contribution in [0.2, 0.25) is 0 Å². The number of hydrogen-bond donors (Lipinski definition) is 0. The summed E-state index contributed by atoms with van der Waals surface area (Å²) in [6, 6.07) is 13.1. The van der Waals surface area contributed by atoms with E-state index in [1.54, 1.807) is 15.9 Å². The van der Waals surface area contributed by atoms with Gasteiger partial charge in [-0.3, -0.25) is 9.59 Å². The van der Waals surface area contributed by atoms with Crippen molar-refractivity contribution in [1.29, 1.82) is 0 Å². The van der Waals surface area contributed by atoms with E-state index in [0.29, 0.717) is 43.5 Å². The number of anilines is 1. The molecule has 1 atom stereocenters. The van der Waals surface area contributed by atoms with Gasteiger partial charge in [0.1, 0.15) is 11.5 Å². The Bertz CT molecular complexity index is 919. The Hall–Kier alpha value is -3.06. The zero-order chi connectivity index (χ0) is 21.1. The largest absolute Gasteiger partial charge is 0.484 e. The molecule has 2 aromatic carbocycles. The van der Waals surface area contributed by atoms with Gasteiger partial charge in [-0.25, -0.2) is 0 Å². The lowest BCUT2D eigenvalue weighted by Gasteiger charge is -2.37. The average molecular weight is 410 g/mol. The maximum atomic E-state index is 13.0. The Kier molecular flexibility index (Phi) is 5.90. The number of aryl methyl sites for hydroxylation is 2. The van der Waals surface area contributed by atoms with Gasteiger partial charge in [0.15, 0.2) is 12.7 Å². The van der Waals surface area contributed by atoms with Crippen LogP contribution >= 0.6 is 0 Å². The number of fused-ring (bicyclic) bond motifs is 1. The van der Waals surface area contributed by atoms with Crippen molar-refractivity contribution in [3.05, 3.63) is 53.6 Å². The van der Waals surface area contributed by atoms with E-state index in [1.807, 2.05) is 44.2 Å². The van der Waals surface area contributed by atoms with Crippen molar-refractivity contribution in [2.24, 2.45) is 0 Å². The molecule has 4 rings (SSSR count). The van der Waals surface area contributed by atoms with Crippen LogP contribution in [0.1, 0.15) is 11.1 Å². The van der Waals surface area contributed by atoms with Crippen molar-refractivity contribution in [2.45, 2.75) is 20.0 Å². The lowest BCUT2D eigenvalue weighted by atomic mass is 10.1. The van der Waals surface area contributed by atoms with E-state index in [0.717, 1.165) is 11.1 Å². The zero-order valence-electron chi connectivity index (χ0n) is 17.3. The molecule has 0 spiro atoms. The predicted molar refractivity (Wildman–Crippen MR) is 112 cm³/mol. The fourth-order valence-electron chi connectivity index (χ4n) is 3.83. The van der Waals surface area contributed by atoms with Gasteiger partial charge in [-0.15, -0.1) is 0 Å². The lowest BCUT2D eigenvalue weighted by molar-refractivity contribution is -0.142. The van der Waals surface area contributed by atoms with E-state index >= 15 is 0 Å². The molecule has 0 aromatic heterocycles. The van der Waals surface area contributed by atoms with Crippen molar-refractivity contribution in [3.63, 3.8) is 0 Å². The van der Waals surface area contributed by atoms with Gasteiger partial charge in [0.2, 0.25) is 0 Å². The number of carbonyl (C=O) groups is 2. The summed E-state index contributed by atoms with van der Waals surface area (Å²) in [4.78, 5) is 29.3. The highest BCUT2D eigenvalue weighted by Crippen LogP contribution is 2.33. The lowest BCUT2D eigenvalue weighted by Crippen LogP contribution is -2.54. The van der Waals surface area contributed by atoms with E-state index in [9.17, 15) is 9.59 Å². The summed E-state index contributed by atoms with van der Waals surface area (Å²) in [6.07, 6.45) is -0.747. The van der Waals surface area contributed by atoms with Crippen LogP contribution in [0.4, 0.5) is 5.69 Å². The van der Waals surface area contributed by atoms with Gasteiger partial charge in [-0.1, -0.05) is 18.2 Å². The van der Waals surface area contributed by atoms with Crippen LogP contribution in [0.25, 0.3) is 0 Å². The van der Waals surface area contributed by atoms with Gasteiger partial charge in [0, 0.05) is 13.1 Å². The number of morpholine rings is 1. The van der Waals surface area contributed by atoms with Gasteiger partial charge in [-0.05, 0) is 49.2 Å². The van der Waals surface area contributed by atoms with Crippen LogP contribution in [0.5, 0.6) is 11.5 Å².